The summed E-state index contributed by atoms with van der Waals surface area (Å²) in [7, 11) is 0. The van der Waals surface area contributed by atoms with Gasteiger partial charge >= 0.3 is 0 Å². The zero-order chi connectivity index (χ0) is 19.3. The molecule has 3 unspecified atom stereocenters. The van der Waals surface area contributed by atoms with E-state index in [0.717, 1.165) is 44.1 Å². The van der Waals surface area contributed by atoms with E-state index in [4.69, 9.17) is 0 Å². The number of hydrogen-bond donors (Lipinski definition) is 2. The Kier molecular flexibility index (Phi) is 4.36. The lowest BCUT2D eigenvalue weighted by molar-refractivity contribution is 0.0633. The molecule has 4 heterocycles. The van der Waals surface area contributed by atoms with Crippen molar-refractivity contribution in [3.63, 3.8) is 0 Å². The van der Waals surface area contributed by atoms with Crippen molar-refractivity contribution < 1.29 is 13.6 Å². The molecule has 2 saturated heterocycles. The number of aryl methyl sites for hydroxylation is 1. The van der Waals surface area contributed by atoms with E-state index in [2.05, 4.69) is 21.0 Å². The van der Waals surface area contributed by atoms with Crippen LogP contribution in [0.3, 0.4) is 0 Å². The van der Waals surface area contributed by atoms with Crippen LogP contribution in [0.5, 0.6) is 0 Å². The van der Waals surface area contributed by atoms with Crippen LogP contribution in [0.1, 0.15) is 47.3 Å². The van der Waals surface area contributed by atoms with Crippen molar-refractivity contribution in [2.24, 2.45) is 5.92 Å². The largest absolute Gasteiger partial charge is 0.335 e. The van der Waals surface area contributed by atoms with E-state index in [-0.39, 0.29) is 23.4 Å². The van der Waals surface area contributed by atoms with Crippen LogP contribution in [0.2, 0.25) is 0 Å². The summed E-state index contributed by atoms with van der Waals surface area (Å²) in [5, 5.41) is 8.31. The van der Waals surface area contributed by atoms with E-state index < -0.39 is 17.7 Å². The van der Waals surface area contributed by atoms with E-state index in [9.17, 15) is 13.6 Å². The molecule has 1 aromatic carbocycles. The molecule has 2 fully saturated rings. The van der Waals surface area contributed by atoms with Gasteiger partial charge in [-0.1, -0.05) is 12.1 Å². The van der Waals surface area contributed by atoms with Gasteiger partial charge in [-0.05, 0) is 25.3 Å². The van der Waals surface area contributed by atoms with Gasteiger partial charge in [0.2, 0.25) is 5.82 Å². The Morgan fingerprint density at radius 1 is 1.14 bits per heavy atom. The molecule has 9 heteroatoms. The maximum absolute atomic E-state index is 14.3. The predicted octanol–water partition coefficient (Wildman–Crippen LogP) is 1.57. The van der Waals surface area contributed by atoms with Crippen molar-refractivity contribution in [2.75, 3.05) is 13.1 Å². The highest BCUT2D eigenvalue weighted by atomic mass is 19.2. The average molecular weight is 388 g/mol. The summed E-state index contributed by atoms with van der Waals surface area (Å²) in [6.45, 7) is 1.81. The van der Waals surface area contributed by atoms with Crippen LogP contribution in [-0.4, -0.2) is 44.7 Å². The smallest absolute Gasteiger partial charge is 0.291 e. The fraction of sp³-hybridized carbons (Fsp3) is 0.526. The number of hydrazine groups is 1. The number of halogens is 2. The highest BCUT2D eigenvalue weighted by molar-refractivity contribution is 5.91. The lowest BCUT2D eigenvalue weighted by Crippen LogP contribution is -2.48. The van der Waals surface area contributed by atoms with Crippen molar-refractivity contribution in [1.82, 2.24) is 30.5 Å². The normalized spacial score (nSPS) is 26.8. The van der Waals surface area contributed by atoms with Gasteiger partial charge in [-0.3, -0.25) is 10.2 Å². The molecule has 0 saturated carbocycles. The summed E-state index contributed by atoms with van der Waals surface area (Å²) in [4.78, 5) is 14.9. The molecule has 1 amide bonds. The Balaban J connectivity index is 1.39. The van der Waals surface area contributed by atoms with E-state index in [1.807, 2.05) is 4.57 Å². The number of hydrogen-bond acceptors (Lipinski definition) is 5. The molecule has 0 aliphatic carbocycles. The zero-order valence-corrected chi connectivity index (χ0v) is 15.4. The number of nitrogens with zero attached hydrogens (tertiary/aromatic N) is 4. The van der Waals surface area contributed by atoms with Crippen molar-refractivity contribution in [2.45, 2.75) is 44.3 Å². The van der Waals surface area contributed by atoms with E-state index in [0.29, 0.717) is 18.9 Å². The molecule has 2 aromatic rings. The topological polar surface area (TPSA) is 75.1 Å². The summed E-state index contributed by atoms with van der Waals surface area (Å²) in [5.74, 6) is -0.629. The maximum Gasteiger partial charge on any atom is 0.291 e. The molecule has 3 atom stereocenters. The first kappa shape index (κ1) is 17.7. The van der Waals surface area contributed by atoms with Gasteiger partial charge in [-0.15, -0.1) is 10.2 Å². The quantitative estimate of drug-likeness (QED) is 0.817. The Labute approximate surface area is 161 Å². The first-order chi connectivity index (χ1) is 13.6. The molecule has 2 N–H and O–H groups in total. The van der Waals surface area contributed by atoms with Gasteiger partial charge in [0.05, 0.1) is 6.04 Å². The number of piperidine rings is 1. The monoisotopic (exact) mass is 388 g/mol. The molecule has 0 radical (unpaired) electrons. The number of fused-ring (bicyclic) bond motifs is 2. The van der Waals surface area contributed by atoms with Crippen LogP contribution in [0.15, 0.2) is 18.2 Å². The summed E-state index contributed by atoms with van der Waals surface area (Å²) in [6, 6.07) is 3.92. The Morgan fingerprint density at radius 2 is 2.04 bits per heavy atom. The molecule has 3 aliphatic heterocycles. The molecule has 5 rings (SSSR count). The predicted molar refractivity (Wildman–Crippen MR) is 96.1 cm³/mol. The van der Waals surface area contributed by atoms with E-state index in [1.165, 1.54) is 6.07 Å². The number of aromatic nitrogens is 3. The van der Waals surface area contributed by atoms with Crippen molar-refractivity contribution in [3.05, 3.63) is 47.0 Å². The van der Waals surface area contributed by atoms with Gasteiger partial charge in [-0.2, -0.15) is 0 Å². The number of likely N-dealkylation sites (tertiary alicyclic amines) is 1. The third-order valence-corrected chi connectivity index (χ3v) is 6.16. The summed E-state index contributed by atoms with van der Waals surface area (Å²) in [6.07, 6.45) is 3.67. The van der Waals surface area contributed by atoms with Crippen LogP contribution >= 0.6 is 0 Å². The third kappa shape index (κ3) is 2.80. The number of nitrogens with one attached hydrogen (secondary N) is 2. The SMILES string of the molecule is O=C(c1nnc2n1CCCC2)N1CCC2NNC(c3cccc(F)c3F)C2C1. The summed E-state index contributed by atoms with van der Waals surface area (Å²) < 4.78 is 30.0. The standard InChI is InChI=1S/C19H22F2N6O/c20-13-5-3-4-11(16(13)21)17-12-10-26(9-7-14(12)22-24-17)19(28)18-25-23-15-6-1-2-8-27(15)18/h3-5,12,14,17,22,24H,1-2,6-10H2. The van der Waals surface area contributed by atoms with Gasteiger partial charge in [-0.25, -0.2) is 14.2 Å². The minimum atomic E-state index is -0.860. The highest BCUT2D eigenvalue weighted by Gasteiger charge is 2.43. The zero-order valence-electron chi connectivity index (χ0n) is 15.4. The Morgan fingerprint density at radius 3 is 2.93 bits per heavy atom. The van der Waals surface area contributed by atoms with Gasteiger partial charge in [0.25, 0.3) is 5.91 Å². The lowest BCUT2D eigenvalue weighted by Gasteiger charge is -2.36. The average Bonchev–Trinajstić information content (AvgIpc) is 3.33. The van der Waals surface area contributed by atoms with Gasteiger partial charge in [0.15, 0.2) is 11.6 Å². The minimum Gasteiger partial charge on any atom is -0.335 e. The first-order valence-electron chi connectivity index (χ1n) is 9.80. The minimum absolute atomic E-state index is 0.0576. The molecular weight excluding hydrogens is 366 g/mol. The molecule has 3 aliphatic rings. The van der Waals surface area contributed by atoms with Crippen molar-refractivity contribution in [3.8, 4) is 0 Å². The first-order valence-corrected chi connectivity index (χ1v) is 9.80. The molecular formula is C19H22F2N6O. The van der Waals surface area contributed by atoms with Crippen molar-refractivity contribution in [1.29, 1.82) is 0 Å². The van der Waals surface area contributed by atoms with Gasteiger partial charge in [0.1, 0.15) is 5.82 Å². The van der Waals surface area contributed by atoms with Crippen molar-refractivity contribution >= 4 is 5.91 Å². The second-order valence-electron chi connectivity index (χ2n) is 7.77. The van der Waals surface area contributed by atoms with E-state index in [1.54, 1.807) is 11.0 Å². The fourth-order valence-corrected chi connectivity index (χ4v) is 4.66. The summed E-state index contributed by atoms with van der Waals surface area (Å²) >= 11 is 0. The molecule has 0 spiro atoms. The second-order valence-corrected chi connectivity index (χ2v) is 7.77. The van der Waals surface area contributed by atoms with Crippen LogP contribution in [0.25, 0.3) is 0 Å². The molecule has 0 bridgehead atoms. The van der Waals surface area contributed by atoms with E-state index >= 15 is 0 Å². The third-order valence-electron chi connectivity index (χ3n) is 6.16. The number of amides is 1. The molecule has 7 nitrogen and oxygen atoms in total. The number of carbonyl (C=O) groups is 1. The summed E-state index contributed by atoms with van der Waals surface area (Å²) in [5.41, 5.74) is 6.57. The molecule has 28 heavy (non-hydrogen) atoms. The molecule has 1 aromatic heterocycles. The second kappa shape index (κ2) is 6.89. The number of carbonyl (C=O) groups excluding carboxylic acids is 1. The van der Waals surface area contributed by atoms with Crippen LogP contribution in [0, 0.1) is 17.6 Å². The van der Waals surface area contributed by atoms with Crippen LogP contribution in [0.4, 0.5) is 8.78 Å². The van der Waals surface area contributed by atoms with Gasteiger partial charge in [0, 0.05) is 43.6 Å². The lowest BCUT2D eigenvalue weighted by atomic mass is 9.85. The Hall–Kier alpha value is -2.39. The number of rotatable bonds is 2. The van der Waals surface area contributed by atoms with Crippen LogP contribution in [-0.2, 0) is 13.0 Å². The highest BCUT2D eigenvalue weighted by Crippen LogP contribution is 2.35. The number of benzene rings is 1. The molecule has 148 valence electrons. The fourth-order valence-electron chi connectivity index (χ4n) is 4.66. The maximum atomic E-state index is 14.3. The van der Waals surface area contributed by atoms with Crippen LogP contribution < -0.4 is 10.9 Å². The van der Waals surface area contributed by atoms with Gasteiger partial charge < -0.3 is 9.47 Å². The Bertz CT molecular complexity index is 916.